The van der Waals surface area contributed by atoms with Crippen LogP contribution in [0.25, 0.3) is 0 Å². The number of aliphatic hydroxyl groups is 1. The van der Waals surface area contributed by atoms with E-state index in [0.29, 0.717) is 25.2 Å². The topological polar surface area (TPSA) is 69.6 Å². The maximum absolute atomic E-state index is 11.9. The van der Waals surface area contributed by atoms with Crippen LogP contribution in [0.4, 0.5) is 5.69 Å². The Kier molecular flexibility index (Phi) is 5.58. The average molecular weight is 272 g/mol. The fourth-order valence-electron chi connectivity index (χ4n) is 1.77. The molecule has 0 atom stereocenters. The van der Waals surface area contributed by atoms with E-state index in [0.717, 1.165) is 0 Å². The third kappa shape index (κ3) is 3.44. The van der Waals surface area contributed by atoms with Gasteiger partial charge in [0, 0.05) is 19.7 Å². The zero-order valence-electron chi connectivity index (χ0n) is 10.8. The summed E-state index contributed by atoms with van der Waals surface area (Å²) in [5.41, 5.74) is 0.669. The van der Waals surface area contributed by atoms with Gasteiger partial charge < -0.3 is 10.0 Å². The summed E-state index contributed by atoms with van der Waals surface area (Å²) >= 11 is 0. The number of nitrogens with zero attached hydrogens (tertiary/aromatic N) is 1. The van der Waals surface area contributed by atoms with Crippen molar-refractivity contribution in [3.63, 3.8) is 0 Å². The summed E-state index contributed by atoms with van der Waals surface area (Å²) in [4.78, 5) is 2.22. The SMILES string of the molecule is CCN(CCCO)c1ccccc1S(=O)(=O)NC. The third-order valence-corrected chi connectivity index (χ3v) is 4.19. The smallest absolute Gasteiger partial charge is 0.242 e. The fourth-order valence-corrected chi connectivity index (χ4v) is 2.72. The second-order valence-corrected chi connectivity index (χ2v) is 5.69. The van der Waals surface area contributed by atoms with E-state index in [9.17, 15) is 8.42 Å². The lowest BCUT2D eigenvalue weighted by molar-refractivity contribution is 0.289. The summed E-state index contributed by atoms with van der Waals surface area (Å²) in [6.45, 7) is 3.37. The minimum atomic E-state index is -3.46. The van der Waals surface area contributed by atoms with Crippen LogP contribution in [0.1, 0.15) is 13.3 Å². The third-order valence-electron chi connectivity index (χ3n) is 2.73. The van der Waals surface area contributed by atoms with Crippen molar-refractivity contribution >= 4 is 15.7 Å². The Morgan fingerprint density at radius 2 is 2.00 bits per heavy atom. The molecule has 0 spiro atoms. The van der Waals surface area contributed by atoms with E-state index in [2.05, 4.69) is 4.72 Å². The first-order valence-corrected chi connectivity index (χ1v) is 7.43. The number of hydrogen-bond acceptors (Lipinski definition) is 4. The summed E-state index contributed by atoms with van der Waals surface area (Å²) in [7, 11) is -2.06. The Balaban J connectivity index is 3.15. The predicted molar refractivity (Wildman–Crippen MR) is 72.3 cm³/mol. The Morgan fingerprint density at radius 1 is 1.33 bits per heavy atom. The number of hydrogen-bond donors (Lipinski definition) is 2. The fraction of sp³-hybridized carbons (Fsp3) is 0.500. The van der Waals surface area contributed by atoms with Gasteiger partial charge in [-0.3, -0.25) is 0 Å². The monoisotopic (exact) mass is 272 g/mol. The molecule has 1 rings (SSSR count). The van der Waals surface area contributed by atoms with Gasteiger partial charge in [-0.15, -0.1) is 0 Å². The predicted octanol–water partition coefficient (Wildman–Crippen LogP) is 0.803. The van der Waals surface area contributed by atoms with Crippen LogP contribution in [-0.2, 0) is 10.0 Å². The first-order valence-electron chi connectivity index (χ1n) is 5.95. The van der Waals surface area contributed by atoms with Gasteiger partial charge >= 0.3 is 0 Å². The first-order chi connectivity index (χ1) is 8.56. The molecule has 0 fully saturated rings. The van der Waals surface area contributed by atoms with Crippen molar-refractivity contribution in [1.82, 2.24) is 4.72 Å². The molecule has 1 aromatic carbocycles. The van der Waals surface area contributed by atoms with Crippen LogP contribution in [0.15, 0.2) is 29.2 Å². The van der Waals surface area contributed by atoms with Crippen LogP contribution < -0.4 is 9.62 Å². The molecule has 0 saturated heterocycles. The molecule has 0 radical (unpaired) electrons. The largest absolute Gasteiger partial charge is 0.396 e. The van der Waals surface area contributed by atoms with E-state index >= 15 is 0 Å². The van der Waals surface area contributed by atoms with Crippen LogP contribution in [0, 0.1) is 0 Å². The molecule has 0 aliphatic heterocycles. The second-order valence-electron chi connectivity index (χ2n) is 3.83. The maximum Gasteiger partial charge on any atom is 0.242 e. The van der Waals surface area contributed by atoms with Crippen molar-refractivity contribution in [1.29, 1.82) is 0 Å². The minimum Gasteiger partial charge on any atom is -0.396 e. The molecule has 0 heterocycles. The summed E-state index contributed by atoms with van der Waals surface area (Å²) in [5.74, 6) is 0. The number of anilines is 1. The van der Waals surface area contributed by atoms with Crippen LogP contribution in [0.5, 0.6) is 0 Å². The van der Waals surface area contributed by atoms with Crippen molar-refractivity contribution in [3.8, 4) is 0 Å². The van der Waals surface area contributed by atoms with Crippen LogP contribution in [0.3, 0.4) is 0 Å². The summed E-state index contributed by atoms with van der Waals surface area (Å²) in [5, 5.41) is 8.88. The highest BCUT2D eigenvalue weighted by atomic mass is 32.2. The van der Waals surface area contributed by atoms with Crippen molar-refractivity contribution in [3.05, 3.63) is 24.3 Å². The zero-order chi connectivity index (χ0) is 13.6. The minimum absolute atomic E-state index is 0.0947. The molecule has 18 heavy (non-hydrogen) atoms. The quantitative estimate of drug-likeness (QED) is 0.770. The first kappa shape index (κ1) is 14.9. The van der Waals surface area contributed by atoms with Gasteiger partial charge in [-0.2, -0.15) is 0 Å². The summed E-state index contributed by atoms with van der Waals surface area (Å²) < 4.78 is 26.2. The number of rotatable bonds is 7. The highest BCUT2D eigenvalue weighted by Gasteiger charge is 2.19. The molecule has 6 heteroatoms. The van der Waals surface area contributed by atoms with Gasteiger partial charge in [0.1, 0.15) is 4.90 Å². The number of para-hydroxylation sites is 1. The molecule has 0 aliphatic carbocycles. The highest BCUT2D eigenvalue weighted by molar-refractivity contribution is 7.89. The normalized spacial score (nSPS) is 11.5. The molecule has 0 aliphatic rings. The summed E-state index contributed by atoms with van der Waals surface area (Å²) in [6, 6.07) is 6.88. The Morgan fingerprint density at radius 3 is 2.56 bits per heavy atom. The average Bonchev–Trinajstić information content (AvgIpc) is 2.40. The van der Waals surface area contributed by atoms with Gasteiger partial charge in [0.25, 0.3) is 0 Å². The number of nitrogens with one attached hydrogen (secondary N) is 1. The molecule has 0 unspecified atom stereocenters. The molecule has 0 bridgehead atoms. The molecule has 102 valence electrons. The molecule has 0 amide bonds. The van der Waals surface area contributed by atoms with Gasteiger partial charge in [0.15, 0.2) is 0 Å². The van der Waals surface area contributed by atoms with Crippen LogP contribution >= 0.6 is 0 Å². The van der Waals surface area contributed by atoms with Crippen molar-refractivity contribution < 1.29 is 13.5 Å². The molecule has 0 aromatic heterocycles. The van der Waals surface area contributed by atoms with Crippen molar-refractivity contribution in [2.45, 2.75) is 18.2 Å². The molecule has 1 aromatic rings. The standard InChI is InChI=1S/C12H20N2O3S/c1-3-14(9-6-10-15)11-7-4-5-8-12(11)18(16,17)13-2/h4-5,7-8,13,15H,3,6,9-10H2,1-2H3. The number of aliphatic hydroxyl groups excluding tert-OH is 1. The molecule has 2 N–H and O–H groups in total. The number of sulfonamides is 1. The van der Waals surface area contributed by atoms with Gasteiger partial charge in [-0.1, -0.05) is 12.1 Å². The van der Waals surface area contributed by atoms with Gasteiger partial charge in [0.2, 0.25) is 10.0 Å². The van der Waals surface area contributed by atoms with Crippen LogP contribution in [-0.4, -0.2) is 40.3 Å². The zero-order valence-corrected chi connectivity index (χ0v) is 11.6. The van der Waals surface area contributed by atoms with Crippen molar-refractivity contribution in [2.75, 3.05) is 31.6 Å². The van der Waals surface area contributed by atoms with E-state index in [1.165, 1.54) is 7.05 Å². The molecular formula is C12H20N2O3S. The van der Waals surface area contributed by atoms with Crippen LogP contribution in [0.2, 0.25) is 0 Å². The van der Waals surface area contributed by atoms with E-state index in [-0.39, 0.29) is 11.5 Å². The second kappa shape index (κ2) is 6.72. The Hall–Kier alpha value is -1.11. The summed E-state index contributed by atoms with van der Waals surface area (Å²) in [6.07, 6.45) is 0.613. The van der Waals surface area contributed by atoms with Gasteiger partial charge in [-0.25, -0.2) is 13.1 Å². The van der Waals surface area contributed by atoms with Crippen molar-refractivity contribution in [2.24, 2.45) is 0 Å². The molecular weight excluding hydrogens is 252 g/mol. The van der Waals surface area contributed by atoms with Gasteiger partial charge in [-0.05, 0) is 32.5 Å². The van der Waals surface area contributed by atoms with E-state index in [4.69, 9.17) is 5.11 Å². The molecule has 5 nitrogen and oxygen atoms in total. The highest BCUT2D eigenvalue weighted by Crippen LogP contribution is 2.24. The number of benzene rings is 1. The van der Waals surface area contributed by atoms with E-state index in [1.54, 1.807) is 18.2 Å². The Bertz CT molecular complexity index is 474. The lowest BCUT2D eigenvalue weighted by Gasteiger charge is -2.25. The lowest BCUT2D eigenvalue weighted by atomic mass is 10.2. The Labute approximate surface area is 108 Å². The van der Waals surface area contributed by atoms with Gasteiger partial charge in [0.05, 0.1) is 5.69 Å². The van der Waals surface area contributed by atoms with E-state index < -0.39 is 10.0 Å². The molecule has 0 saturated carbocycles. The maximum atomic E-state index is 11.9. The lowest BCUT2D eigenvalue weighted by Crippen LogP contribution is -2.28. The van der Waals surface area contributed by atoms with E-state index in [1.807, 2.05) is 17.9 Å².